The molecule has 0 aliphatic carbocycles. The molecule has 0 unspecified atom stereocenters. The lowest BCUT2D eigenvalue weighted by Gasteiger charge is -2.10. The van der Waals surface area contributed by atoms with Crippen molar-refractivity contribution < 1.29 is 0 Å². The Hall–Kier alpha value is -4.36. The van der Waals surface area contributed by atoms with Crippen molar-refractivity contribution in [2.24, 2.45) is 0 Å². The van der Waals surface area contributed by atoms with Crippen LogP contribution in [-0.4, -0.2) is 14.5 Å². The minimum atomic E-state index is 1.05. The second kappa shape index (κ2) is 7.64. The first-order chi connectivity index (χ1) is 19.8. The van der Waals surface area contributed by atoms with E-state index in [0.717, 1.165) is 10.2 Å². The Kier molecular flexibility index (Phi) is 4.10. The molecule has 186 valence electrons. The maximum absolute atomic E-state index is 4.80. The topological polar surface area (TPSA) is 30.7 Å². The predicted molar refractivity (Wildman–Crippen MR) is 175 cm³/mol. The molecule has 0 spiro atoms. The molecule has 6 heteroatoms. The molecule has 0 saturated heterocycles. The van der Waals surface area contributed by atoms with Crippen LogP contribution in [0.2, 0.25) is 0 Å². The molecule has 0 amide bonds. The number of rotatable bonds is 1. The Balaban J connectivity index is 1.50. The molecule has 0 atom stereocenters. The van der Waals surface area contributed by atoms with Crippen molar-refractivity contribution in [3.05, 3.63) is 104 Å². The quantitative estimate of drug-likeness (QED) is 0.199. The minimum absolute atomic E-state index is 1.05. The fourth-order valence-corrected chi connectivity index (χ4v) is 10.1. The lowest BCUT2D eigenvalue weighted by Crippen LogP contribution is -1.94. The molecule has 10 rings (SSSR count). The van der Waals surface area contributed by atoms with E-state index in [1.54, 1.807) is 6.33 Å². The van der Waals surface area contributed by atoms with Gasteiger partial charge in [-0.15, -0.1) is 34.0 Å². The number of aromatic nitrogens is 3. The van der Waals surface area contributed by atoms with Gasteiger partial charge in [0.15, 0.2) is 0 Å². The number of hydrogen-bond acceptors (Lipinski definition) is 5. The summed E-state index contributed by atoms with van der Waals surface area (Å²) in [4.78, 5) is 9.17. The van der Waals surface area contributed by atoms with Gasteiger partial charge in [-0.2, -0.15) is 0 Å². The highest BCUT2D eigenvalue weighted by Gasteiger charge is 2.25. The van der Waals surface area contributed by atoms with E-state index in [2.05, 4.69) is 101 Å². The van der Waals surface area contributed by atoms with E-state index in [0.29, 0.717) is 0 Å². The summed E-state index contributed by atoms with van der Waals surface area (Å²) < 4.78 is 10.2. The normalized spacial score (nSPS) is 12.5. The van der Waals surface area contributed by atoms with Gasteiger partial charge in [0.2, 0.25) is 0 Å². The summed E-state index contributed by atoms with van der Waals surface area (Å²) in [6.07, 6.45) is 3.65. The molecule has 3 nitrogen and oxygen atoms in total. The molecule has 0 fully saturated rings. The van der Waals surface area contributed by atoms with Crippen LogP contribution < -0.4 is 0 Å². The van der Waals surface area contributed by atoms with Crippen molar-refractivity contribution >= 4 is 116 Å². The fraction of sp³-hybridized carbons (Fsp3) is 0. The van der Waals surface area contributed by atoms with Gasteiger partial charge in [0.25, 0.3) is 0 Å². The van der Waals surface area contributed by atoms with Gasteiger partial charge in [-0.25, -0.2) is 9.97 Å². The number of fused-ring (bicyclic) bond motifs is 15. The first kappa shape index (κ1) is 21.5. The molecule has 5 aromatic carbocycles. The summed E-state index contributed by atoms with van der Waals surface area (Å²) in [6.45, 7) is 0. The first-order valence-electron chi connectivity index (χ1n) is 13.2. The monoisotopic (exact) mass is 563 g/mol. The minimum Gasteiger partial charge on any atom is -0.308 e. The van der Waals surface area contributed by atoms with Crippen molar-refractivity contribution in [2.75, 3.05) is 0 Å². The first-order valence-corrected chi connectivity index (χ1v) is 15.6. The fourth-order valence-electron chi connectivity index (χ4n) is 6.52. The Morgan fingerprint density at radius 3 is 2.10 bits per heavy atom. The zero-order valence-electron chi connectivity index (χ0n) is 20.9. The van der Waals surface area contributed by atoms with Crippen LogP contribution in [0.15, 0.2) is 104 Å². The second-order valence-electron chi connectivity index (χ2n) is 10.2. The number of benzene rings is 5. The molecule has 0 bridgehead atoms. The highest BCUT2D eigenvalue weighted by molar-refractivity contribution is 7.30. The average molecular weight is 564 g/mol. The number of para-hydroxylation sites is 1. The van der Waals surface area contributed by atoms with E-state index in [4.69, 9.17) is 4.98 Å². The van der Waals surface area contributed by atoms with Crippen LogP contribution in [-0.2, 0) is 0 Å². The molecule has 40 heavy (non-hydrogen) atoms. The van der Waals surface area contributed by atoms with Gasteiger partial charge < -0.3 is 4.57 Å². The van der Waals surface area contributed by atoms with E-state index < -0.39 is 0 Å². The molecule has 10 aromatic rings. The van der Waals surface area contributed by atoms with E-state index in [1.165, 1.54) is 77.9 Å². The average Bonchev–Trinajstić information content (AvgIpc) is 3.75. The molecule has 0 radical (unpaired) electrons. The molecule has 0 N–H and O–H groups in total. The van der Waals surface area contributed by atoms with Gasteiger partial charge >= 0.3 is 0 Å². The van der Waals surface area contributed by atoms with E-state index in [1.807, 2.05) is 40.2 Å². The zero-order valence-corrected chi connectivity index (χ0v) is 23.3. The van der Waals surface area contributed by atoms with Crippen molar-refractivity contribution in [1.82, 2.24) is 14.5 Å². The Labute approximate surface area is 239 Å². The summed E-state index contributed by atoms with van der Waals surface area (Å²) in [6, 6.07) is 33.4. The maximum Gasteiger partial charge on any atom is 0.116 e. The molecule has 0 aliphatic rings. The predicted octanol–water partition coefficient (Wildman–Crippen LogP) is 10.7. The van der Waals surface area contributed by atoms with Crippen LogP contribution in [0.3, 0.4) is 0 Å². The Bertz CT molecular complexity index is 2640. The second-order valence-corrected chi connectivity index (χ2v) is 13.4. The van der Waals surface area contributed by atoms with Crippen LogP contribution >= 0.6 is 34.0 Å². The third-order valence-electron chi connectivity index (χ3n) is 8.13. The van der Waals surface area contributed by atoms with E-state index in [-0.39, 0.29) is 0 Å². The zero-order chi connectivity index (χ0) is 25.9. The smallest absolute Gasteiger partial charge is 0.116 e. The van der Waals surface area contributed by atoms with Gasteiger partial charge in [-0.1, -0.05) is 54.6 Å². The summed E-state index contributed by atoms with van der Waals surface area (Å²) >= 11 is 5.56. The summed E-state index contributed by atoms with van der Waals surface area (Å²) in [7, 11) is 0. The van der Waals surface area contributed by atoms with Gasteiger partial charge in [-0.05, 0) is 36.4 Å². The van der Waals surface area contributed by atoms with Crippen molar-refractivity contribution in [1.29, 1.82) is 0 Å². The standard InChI is InChI=1S/C34H17N3S3/c1-4-10-23-20(8-1)28-32(37(23)18-13-14-26-22(15-18)19-7-2-5-11-24(19)38-26)29-21-9-3-6-12-25(21)39-34(29)30-31-27(40-33(28)30)16-35-17-36-31/h1-17H. The lowest BCUT2D eigenvalue weighted by atomic mass is 10.0. The number of hydrogen-bond donors (Lipinski definition) is 0. The lowest BCUT2D eigenvalue weighted by molar-refractivity contribution is 1.19. The highest BCUT2D eigenvalue weighted by Crippen LogP contribution is 2.51. The van der Waals surface area contributed by atoms with E-state index >= 15 is 0 Å². The van der Waals surface area contributed by atoms with Crippen LogP contribution in [0.4, 0.5) is 0 Å². The summed E-state index contributed by atoms with van der Waals surface area (Å²) in [5.41, 5.74) is 4.75. The maximum atomic E-state index is 4.80. The van der Waals surface area contributed by atoms with Gasteiger partial charge in [-0.3, -0.25) is 0 Å². The summed E-state index contributed by atoms with van der Waals surface area (Å²) in [5, 5.41) is 9.08. The number of nitrogens with zero attached hydrogens (tertiary/aromatic N) is 3. The molecule has 0 aliphatic heterocycles. The highest BCUT2D eigenvalue weighted by atomic mass is 32.1. The third-order valence-corrected chi connectivity index (χ3v) is 11.6. The van der Waals surface area contributed by atoms with Crippen LogP contribution in [0.25, 0.3) is 88.1 Å². The SMILES string of the molecule is c1ccc2c(c1)sc1ccc(-n3c4ccccc4c4c5sc6cncnc6c5c5sc6ccccc6c5c43)cc12. The summed E-state index contributed by atoms with van der Waals surface area (Å²) in [5.74, 6) is 0. The molecule has 5 heterocycles. The Morgan fingerprint density at radius 1 is 0.550 bits per heavy atom. The Morgan fingerprint density at radius 2 is 1.23 bits per heavy atom. The van der Waals surface area contributed by atoms with Gasteiger partial charge in [0.05, 0.1) is 21.3 Å². The van der Waals surface area contributed by atoms with Crippen LogP contribution in [0.5, 0.6) is 0 Å². The molecule has 0 saturated carbocycles. The van der Waals surface area contributed by atoms with Crippen molar-refractivity contribution in [3.63, 3.8) is 0 Å². The molecular weight excluding hydrogens is 547 g/mol. The largest absolute Gasteiger partial charge is 0.308 e. The third kappa shape index (κ3) is 2.63. The van der Waals surface area contributed by atoms with Crippen LogP contribution in [0, 0.1) is 0 Å². The van der Waals surface area contributed by atoms with Crippen molar-refractivity contribution in [3.8, 4) is 5.69 Å². The molecular formula is C34H17N3S3. The van der Waals surface area contributed by atoms with Crippen molar-refractivity contribution in [2.45, 2.75) is 0 Å². The van der Waals surface area contributed by atoms with Gasteiger partial charge in [0, 0.05) is 73.1 Å². The van der Waals surface area contributed by atoms with Crippen LogP contribution in [0.1, 0.15) is 0 Å². The number of thiophene rings is 3. The molecule has 5 aromatic heterocycles. The van der Waals surface area contributed by atoms with Gasteiger partial charge in [0.1, 0.15) is 6.33 Å². The van der Waals surface area contributed by atoms with E-state index in [9.17, 15) is 0 Å².